The highest BCUT2D eigenvalue weighted by atomic mass is 32.2. The normalized spacial score (nSPS) is 16.5. The number of methoxy groups -OCH3 is 1. The summed E-state index contributed by atoms with van der Waals surface area (Å²) < 4.78 is 48.4. The molecule has 0 saturated carbocycles. The van der Waals surface area contributed by atoms with Gasteiger partial charge in [0, 0.05) is 18.3 Å². The van der Waals surface area contributed by atoms with E-state index in [0.717, 1.165) is 27.9 Å². The molecule has 0 N–H and O–H groups in total. The first-order valence-electron chi connectivity index (χ1n) is 16.4. The van der Waals surface area contributed by atoms with E-state index in [9.17, 15) is 13.2 Å². The van der Waals surface area contributed by atoms with E-state index in [-0.39, 0.29) is 30.7 Å². The molecule has 5 aromatic rings. The Morgan fingerprint density at radius 2 is 1.82 bits per heavy atom. The molecule has 0 bridgehead atoms. The minimum atomic E-state index is -3.85. The Bertz CT molecular complexity index is 2080. The number of carbonyl (C=O) groups is 1. The maximum Gasteiger partial charge on any atom is 0.314 e. The second-order valence-electron chi connectivity index (χ2n) is 13.1. The van der Waals surface area contributed by atoms with Gasteiger partial charge >= 0.3 is 5.97 Å². The van der Waals surface area contributed by atoms with Crippen LogP contribution >= 0.6 is 0 Å². The van der Waals surface area contributed by atoms with E-state index < -0.39 is 27.5 Å². The first kappa shape index (κ1) is 34.9. The van der Waals surface area contributed by atoms with Crippen LogP contribution in [0.3, 0.4) is 0 Å². The van der Waals surface area contributed by atoms with Gasteiger partial charge in [0.25, 0.3) is 0 Å². The summed E-state index contributed by atoms with van der Waals surface area (Å²) in [6, 6.07) is 26.4. The van der Waals surface area contributed by atoms with Crippen LogP contribution in [0.25, 0.3) is 11.3 Å². The molecule has 0 aliphatic carbocycles. The summed E-state index contributed by atoms with van der Waals surface area (Å²) in [5, 5.41) is 8.66. The number of rotatable bonds is 11. The van der Waals surface area contributed by atoms with Gasteiger partial charge in [0.1, 0.15) is 22.4 Å². The monoisotopic (exact) mass is 695 g/mol. The van der Waals surface area contributed by atoms with Crippen LogP contribution in [0.15, 0.2) is 102 Å². The number of esters is 1. The van der Waals surface area contributed by atoms with E-state index in [0.29, 0.717) is 23.6 Å². The summed E-state index contributed by atoms with van der Waals surface area (Å²) in [6.07, 6.45) is 2.48. The van der Waals surface area contributed by atoms with Gasteiger partial charge in [0.15, 0.2) is 0 Å². The number of hydrogen-bond donors (Lipinski definition) is 0. The molecule has 50 heavy (non-hydrogen) atoms. The van der Waals surface area contributed by atoms with Crippen molar-refractivity contribution in [3.63, 3.8) is 0 Å². The number of hydrogen-bond acceptors (Lipinski definition) is 9. The highest BCUT2D eigenvalue weighted by Gasteiger charge is 2.41. The van der Waals surface area contributed by atoms with Gasteiger partial charge in [0.05, 0.1) is 50.2 Å². The Kier molecular flexibility index (Phi) is 10.1. The Morgan fingerprint density at radius 1 is 1.02 bits per heavy atom. The molecule has 2 aromatic heterocycles. The number of pyridine rings is 1. The van der Waals surface area contributed by atoms with Crippen LogP contribution in [0.2, 0.25) is 0 Å². The van der Waals surface area contributed by atoms with E-state index in [1.807, 2.05) is 74.6 Å². The van der Waals surface area contributed by atoms with Crippen LogP contribution in [0.1, 0.15) is 54.8 Å². The zero-order valence-electron chi connectivity index (χ0n) is 28.8. The number of fused-ring (bicyclic) bond motifs is 1. The van der Waals surface area contributed by atoms with Crippen LogP contribution in [0.5, 0.6) is 5.75 Å². The Hall–Kier alpha value is -4.91. The lowest BCUT2D eigenvalue weighted by Gasteiger charge is -2.32. The Labute approximate surface area is 292 Å². The van der Waals surface area contributed by atoms with Crippen LogP contribution in [0.4, 0.5) is 0 Å². The highest BCUT2D eigenvalue weighted by molar-refractivity contribution is 7.89. The number of aromatic nitrogens is 4. The molecule has 12 heteroatoms. The summed E-state index contributed by atoms with van der Waals surface area (Å²) in [4.78, 5) is 17.7. The zero-order chi connectivity index (χ0) is 35.5. The molecule has 2 atom stereocenters. The van der Waals surface area contributed by atoms with Crippen molar-refractivity contribution in [3.8, 4) is 17.0 Å². The van der Waals surface area contributed by atoms with Crippen LogP contribution in [-0.2, 0) is 44.0 Å². The van der Waals surface area contributed by atoms with Gasteiger partial charge in [-0.15, -0.1) is 5.10 Å². The maximum absolute atomic E-state index is 13.8. The maximum atomic E-state index is 13.8. The van der Waals surface area contributed by atoms with Gasteiger partial charge < -0.3 is 14.2 Å². The van der Waals surface area contributed by atoms with Gasteiger partial charge in [-0.3, -0.25) is 9.78 Å². The van der Waals surface area contributed by atoms with Crippen LogP contribution in [0, 0.1) is 12.3 Å². The fourth-order valence-electron chi connectivity index (χ4n) is 6.19. The van der Waals surface area contributed by atoms with Crippen LogP contribution in [-0.4, -0.2) is 58.4 Å². The quantitative estimate of drug-likeness (QED) is 0.150. The third-order valence-electron chi connectivity index (χ3n) is 8.86. The second-order valence-corrected chi connectivity index (χ2v) is 15.0. The third kappa shape index (κ3) is 7.47. The molecule has 0 fully saturated rings. The molecule has 0 amide bonds. The molecular formula is C38H41N5O6S. The summed E-state index contributed by atoms with van der Waals surface area (Å²) in [7, 11) is -2.50. The molecule has 1 aliphatic rings. The summed E-state index contributed by atoms with van der Waals surface area (Å²) in [5.41, 5.74) is 4.83. The minimum Gasteiger partial charge on any atom is -0.488 e. The number of para-hydroxylation sites is 1. The predicted octanol–water partition coefficient (Wildman–Crippen LogP) is 6.13. The number of sulfonamides is 1. The number of aryl methyl sites for hydroxylation is 1. The van der Waals surface area contributed by atoms with Gasteiger partial charge in [-0.25, -0.2) is 13.1 Å². The van der Waals surface area contributed by atoms with Crippen molar-refractivity contribution in [2.45, 2.75) is 64.5 Å². The lowest BCUT2D eigenvalue weighted by Crippen LogP contribution is -2.36. The van der Waals surface area contributed by atoms with Gasteiger partial charge in [-0.1, -0.05) is 59.8 Å². The van der Waals surface area contributed by atoms with Crippen molar-refractivity contribution < 1.29 is 27.4 Å². The summed E-state index contributed by atoms with van der Waals surface area (Å²) in [6.45, 7) is 8.19. The Balaban J connectivity index is 1.23. The minimum absolute atomic E-state index is 0.0778. The lowest BCUT2D eigenvalue weighted by molar-refractivity contribution is -0.162. The fourth-order valence-corrected chi connectivity index (χ4v) is 7.81. The Morgan fingerprint density at radius 3 is 2.60 bits per heavy atom. The molecule has 11 nitrogen and oxygen atoms in total. The molecule has 1 unspecified atom stereocenters. The van der Waals surface area contributed by atoms with Crippen molar-refractivity contribution in [3.05, 3.63) is 125 Å². The molecule has 0 spiro atoms. The number of ether oxygens (including phenoxy) is 3. The third-order valence-corrected chi connectivity index (χ3v) is 10.7. The van der Waals surface area contributed by atoms with Crippen molar-refractivity contribution in [1.29, 1.82) is 0 Å². The molecular weight excluding hydrogens is 655 g/mol. The van der Waals surface area contributed by atoms with Crippen molar-refractivity contribution in [2.24, 2.45) is 5.41 Å². The van der Waals surface area contributed by atoms with E-state index in [1.54, 1.807) is 49.0 Å². The largest absolute Gasteiger partial charge is 0.488 e. The molecule has 3 heterocycles. The molecule has 1 aliphatic heterocycles. The fraction of sp³-hybridized carbons (Fsp3) is 0.316. The van der Waals surface area contributed by atoms with Crippen molar-refractivity contribution in [2.75, 3.05) is 13.7 Å². The van der Waals surface area contributed by atoms with E-state index in [4.69, 9.17) is 14.2 Å². The number of nitrogens with zero attached hydrogens (tertiary/aromatic N) is 5. The predicted molar refractivity (Wildman–Crippen MR) is 187 cm³/mol. The van der Waals surface area contributed by atoms with Gasteiger partial charge in [-0.05, 0) is 80.3 Å². The number of benzene rings is 3. The average Bonchev–Trinajstić information content (AvgIpc) is 3.52. The van der Waals surface area contributed by atoms with Gasteiger partial charge in [0.2, 0.25) is 10.0 Å². The average molecular weight is 696 g/mol. The SMILES string of the molecule is COC(=O)C(C)(C)C(OCc1cn(Cc2cccc(-c3ccccn3)c2)nn1)c1ccc(C)c(CN2C[C@@H](C)Oc3ccccc3S2(=O)=O)c1. The molecule has 0 saturated heterocycles. The summed E-state index contributed by atoms with van der Waals surface area (Å²) >= 11 is 0. The van der Waals surface area contributed by atoms with Crippen molar-refractivity contribution >= 4 is 16.0 Å². The zero-order valence-corrected chi connectivity index (χ0v) is 29.6. The first-order valence-corrected chi connectivity index (χ1v) is 17.8. The lowest BCUT2D eigenvalue weighted by atomic mass is 9.81. The molecule has 260 valence electrons. The smallest absolute Gasteiger partial charge is 0.314 e. The molecule has 6 rings (SSSR count). The topological polar surface area (TPSA) is 126 Å². The van der Waals surface area contributed by atoms with E-state index >= 15 is 0 Å². The standard InChI is InChI=1S/C38H41N5O6S/c1-26-16-17-30(20-31(26)23-43-21-27(2)49-34-14-6-7-15-35(34)50(43,45)46)36(38(3,4)37(44)47-5)48-25-32-24-42(41-40-32)22-28-11-10-12-29(19-28)33-13-8-9-18-39-33/h6-20,24,27,36H,21-23,25H2,1-5H3/t27-,36?/m1/s1. The molecule has 3 aromatic carbocycles. The van der Waals surface area contributed by atoms with E-state index in [2.05, 4.69) is 21.4 Å². The first-order chi connectivity index (χ1) is 23.9. The van der Waals surface area contributed by atoms with Crippen molar-refractivity contribution in [1.82, 2.24) is 24.3 Å². The van der Waals surface area contributed by atoms with Crippen LogP contribution < -0.4 is 4.74 Å². The second kappa shape index (κ2) is 14.5. The van der Waals surface area contributed by atoms with Gasteiger partial charge in [-0.2, -0.15) is 4.31 Å². The van der Waals surface area contributed by atoms with E-state index in [1.165, 1.54) is 11.4 Å². The summed E-state index contributed by atoms with van der Waals surface area (Å²) in [5.74, 6) is -0.102. The highest BCUT2D eigenvalue weighted by Crippen LogP contribution is 2.40. The number of carbonyl (C=O) groups excluding carboxylic acids is 1. The molecule has 0 radical (unpaired) electrons.